The van der Waals surface area contributed by atoms with Crippen LogP contribution in [0.15, 0.2) is 194 Å². The number of hydrogen-bond acceptors (Lipinski definition) is 0. The standard InChI is InChI=1S/C55H38N2/c1-55(2)48-21-10-8-20-45(48)53-49(55)28-27-44-47-34-40(25-30-52(47)57(54(44)53)41-18-12-17-38(31-41)35-13-4-3-5-14-35)39-24-29-51-46(33-39)43-19-9-11-22-50(43)56(51)42-26-23-36-15-6-7-16-37(36)32-42/h3-34H,1-2H3. The molecule has 57 heavy (non-hydrogen) atoms. The summed E-state index contributed by atoms with van der Waals surface area (Å²) in [6.45, 7) is 4.75. The average Bonchev–Trinajstić information content (AvgIpc) is 3.86. The maximum absolute atomic E-state index is 2.53. The number of fused-ring (bicyclic) bond motifs is 11. The van der Waals surface area contributed by atoms with Crippen molar-refractivity contribution in [1.82, 2.24) is 9.13 Å². The van der Waals surface area contributed by atoms with Crippen LogP contribution in [0.2, 0.25) is 0 Å². The van der Waals surface area contributed by atoms with Gasteiger partial charge >= 0.3 is 0 Å². The molecule has 0 atom stereocenters. The fraction of sp³-hybridized carbons (Fsp3) is 0.0545. The highest BCUT2D eigenvalue weighted by Crippen LogP contribution is 2.53. The lowest BCUT2D eigenvalue weighted by Gasteiger charge is -2.21. The monoisotopic (exact) mass is 726 g/mol. The van der Waals surface area contributed by atoms with Crippen molar-refractivity contribution in [2.24, 2.45) is 0 Å². The Labute approximate surface area is 331 Å². The Bertz CT molecular complexity index is 3430. The SMILES string of the molecule is CC1(C)c2ccccc2-c2c1ccc1c3cc(-c4ccc5c(c4)c4ccccc4n5-c4ccc5ccccc5c4)ccc3n(-c3cccc(-c4ccccc4)c3)c21. The first-order chi connectivity index (χ1) is 28.0. The van der Waals surface area contributed by atoms with Gasteiger partial charge in [-0.3, -0.25) is 0 Å². The minimum absolute atomic E-state index is 0.0973. The molecule has 268 valence electrons. The third-order valence-corrected chi connectivity index (χ3v) is 12.7. The van der Waals surface area contributed by atoms with Crippen LogP contribution in [0.1, 0.15) is 25.0 Å². The first-order valence-electron chi connectivity index (χ1n) is 19.9. The van der Waals surface area contributed by atoms with Gasteiger partial charge in [0.05, 0.1) is 22.1 Å². The molecule has 12 rings (SSSR count). The van der Waals surface area contributed by atoms with Crippen LogP contribution in [0.25, 0.3) is 99.1 Å². The third-order valence-electron chi connectivity index (χ3n) is 12.7. The average molecular weight is 727 g/mol. The number of rotatable bonds is 4. The van der Waals surface area contributed by atoms with Crippen LogP contribution in [0, 0.1) is 0 Å². The smallest absolute Gasteiger partial charge is 0.0622 e. The van der Waals surface area contributed by atoms with Gasteiger partial charge in [0.1, 0.15) is 0 Å². The molecule has 0 amide bonds. The van der Waals surface area contributed by atoms with Crippen LogP contribution in [0.4, 0.5) is 0 Å². The molecule has 0 bridgehead atoms. The Kier molecular flexibility index (Phi) is 6.72. The largest absolute Gasteiger partial charge is 0.309 e. The van der Waals surface area contributed by atoms with Gasteiger partial charge in [-0.2, -0.15) is 0 Å². The van der Waals surface area contributed by atoms with Crippen molar-refractivity contribution < 1.29 is 0 Å². The van der Waals surface area contributed by atoms with Crippen LogP contribution in [-0.4, -0.2) is 9.13 Å². The molecule has 0 saturated heterocycles. The maximum Gasteiger partial charge on any atom is 0.0622 e. The zero-order chi connectivity index (χ0) is 37.8. The van der Waals surface area contributed by atoms with Crippen molar-refractivity contribution in [1.29, 1.82) is 0 Å². The second-order valence-corrected chi connectivity index (χ2v) is 16.2. The molecular weight excluding hydrogens is 689 g/mol. The van der Waals surface area contributed by atoms with Crippen LogP contribution < -0.4 is 0 Å². The number of benzene rings is 9. The zero-order valence-electron chi connectivity index (χ0n) is 31.9. The van der Waals surface area contributed by atoms with Crippen LogP contribution >= 0.6 is 0 Å². The van der Waals surface area contributed by atoms with E-state index in [1.165, 1.54) is 110 Å². The Morgan fingerprint density at radius 3 is 1.82 bits per heavy atom. The van der Waals surface area contributed by atoms with Crippen LogP contribution in [0.3, 0.4) is 0 Å². The quantitative estimate of drug-likeness (QED) is 0.171. The van der Waals surface area contributed by atoms with Crippen molar-refractivity contribution in [2.75, 3.05) is 0 Å². The first-order valence-corrected chi connectivity index (χ1v) is 19.9. The summed E-state index contributed by atoms with van der Waals surface area (Å²) in [7, 11) is 0. The summed E-state index contributed by atoms with van der Waals surface area (Å²) in [6.07, 6.45) is 0. The second-order valence-electron chi connectivity index (χ2n) is 16.2. The topological polar surface area (TPSA) is 9.86 Å². The minimum atomic E-state index is -0.0973. The van der Waals surface area contributed by atoms with E-state index in [1.54, 1.807) is 0 Å². The summed E-state index contributed by atoms with van der Waals surface area (Å²) in [5.41, 5.74) is 17.5. The summed E-state index contributed by atoms with van der Waals surface area (Å²) in [5, 5.41) is 7.55. The van der Waals surface area contributed by atoms with Gasteiger partial charge in [0.25, 0.3) is 0 Å². The van der Waals surface area contributed by atoms with E-state index >= 15 is 0 Å². The molecule has 2 aromatic heterocycles. The van der Waals surface area contributed by atoms with Crippen LogP contribution in [-0.2, 0) is 5.41 Å². The van der Waals surface area contributed by atoms with Crippen molar-refractivity contribution >= 4 is 54.4 Å². The highest BCUT2D eigenvalue weighted by atomic mass is 15.0. The highest BCUT2D eigenvalue weighted by molar-refractivity contribution is 6.17. The molecule has 2 heteroatoms. The van der Waals surface area contributed by atoms with Gasteiger partial charge < -0.3 is 9.13 Å². The van der Waals surface area contributed by atoms with Crippen molar-refractivity contribution in [2.45, 2.75) is 19.3 Å². The van der Waals surface area contributed by atoms with Crippen molar-refractivity contribution in [3.8, 4) is 44.8 Å². The van der Waals surface area contributed by atoms with E-state index in [4.69, 9.17) is 0 Å². The van der Waals surface area contributed by atoms with Gasteiger partial charge in [0.15, 0.2) is 0 Å². The van der Waals surface area contributed by atoms with E-state index in [2.05, 4.69) is 217 Å². The second kappa shape index (κ2) is 11.9. The lowest BCUT2D eigenvalue weighted by atomic mass is 9.82. The van der Waals surface area contributed by atoms with E-state index in [0.29, 0.717) is 0 Å². The Morgan fingerprint density at radius 2 is 0.982 bits per heavy atom. The van der Waals surface area contributed by atoms with E-state index in [-0.39, 0.29) is 5.41 Å². The van der Waals surface area contributed by atoms with E-state index in [1.807, 2.05) is 0 Å². The normalized spacial score (nSPS) is 13.2. The zero-order valence-corrected chi connectivity index (χ0v) is 31.9. The van der Waals surface area contributed by atoms with Crippen LogP contribution in [0.5, 0.6) is 0 Å². The molecule has 1 aliphatic carbocycles. The molecule has 0 spiro atoms. The van der Waals surface area contributed by atoms with Gasteiger partial charge in [0, 0.05) is 43.9 Å². The molecule has 0 N–H and O–H groups in total. The number of nitrogens with zero attached hydrogens (tertiary/aromatic N) is 2. The van der Waals surface area contributed by atoms with E-state index in [0.717, 1.165) is 0 Å². The molecule has 0 unspecified atom stereocenters. The van der Waals surface area contributed by atoms with Crippen molar-refractivity contribution in [3.05, 3.63) is 205 Å². The minimum Gasteiger partial charge on any atom is -0.309 e. The molecule has 2 heterocycles. The molecule has 1 aliphatic rings. The molecule has 0 aliphatic heterocycles. The van der Waals surface area contributed by atoms with Gasteiger partial charge in [-0.1, -0.05) is 153 Å². The molecular formula is C55H38N2. The number of para-hydroxylation sites is 1. The van der Waals surface area contributed by atoms with E-state index in [9.17, 15) is 0 Å². The highest BCUT2D eigenvalue weighted by Gasteiger charge is 2.37. The summed E-state index contributed by atoms with van der Waals surface area (Å²) in [5.74, 6) is 0. The summed E-state index contributed by atoms with van der Waals surface area (Å²) in [4.78, 5) is 0. The Balaban J connectivity index is 1.09. The fourth-order valence-electron chi connectivity index (χ4n) is 9.94. The van der Waals surface area contributed by atoms with Gasteiger partial charge in [0.2, 0.25) is 0 Å². The lowest BCUT2D eigenvalue weighted by molar-refractivity contribution is 0.661. The molecule has 0 saturated carbocycles. The predicted octanol–water partition coefficient (Wildman–Crippen LogP) is 14.7. The third kappa shape index (κ3) is 4.65. The molecule has 0 fully saturated rings. The molecule has 2 nitrogen and oxygen atoms in total. The number of aromatic nitrogens is 2. The fourth-order valence-corrected chi connectivity index (χ4v) is 9.94. The van der Waals surface area contributed by atoms with Gasteiger partial charge in [-0.25, -0.2) is 0 Å². The number of hydrogen-bond donors (Lipinski definition) is 0. The molecule has 0 radical (unpaired) electrons. The maximum atomic E-state index is 2.53. The Hall–Kier alpha value is -7.16. The first kappa shape index (κ1) is 32.1. The lowest BCUT2D eigenvalue weighted by Crippen LogP contribution is -2.14. The Morgan fingerprint density at radius 1 is 0.351 bits per heavy atom. The summed E-state index contributed by atoms with van der Waals surface area (Å²) in [6, 6.07) is 71.9. The predicted molar refractivity (Wildman–Crippen MR) is 241 cm³/mol. The van der Waals surface area contributed by atoms with Gasteiger partial charge in [-0.15, -0.1) is 0 Å². The van der Waals surface area contributed by atoms with E-state index < -0.39 is 0 Å². The molecule has 11 aromatic rings. The summed E-state index contributed by atoms with van der Waals surface area (Å²) < 4.78 is 4.94. The molecule has 9 aromatic carbocycles. The van der Waals surface area contributed by atoms with Crippen molar-refractivity contribution in [3.63, 3.8) is 0 Å². The summed E-state index contributed by atoms with van der Waals surface area (Å²) >= 11 is 0. The van der Waals surface area contributed by atoms with Gasteiger partial charge in [-0.05, 0) is 104 Å².